The lowest BCUT2D eigenvalue weighted by Crippen LogP contribution is -2.19. The molecule has 0 unspecified atom stereocenters. The first-order valence-electron chi connectivity index (χ1n) is 9.79. The molecule has 1 aromatic rings. The molecule has 2 aliphatic rings. The van der Waals surface area contributed by atoms with E-state index in [1.54, 1.807) is 6.20 Å². The van der Waals surface area contributed by atoms with Crippen molar-refractivity contribution in [1.29, 1.82) is 5.26 Å². The molecule has 1 aliphatic carbocycles. The average molecular weight is 390 g/mol. The number of hydrogen-bond donors (Lipinski definition) is 2. The number of hydrogen-bond acceptors (Lipinski definition) is 5. The maximum absolute atomic E-state index is 9.87. The fourth-order valence-corrected chi connectivity index (χ4v) is 3.71. The van der Waals surface area contributed by atoms with E-state index in [4.69, 9.17) is 0 Å². The molecular formula is C22H27N5Si. The maximum atomic E-state index is 9.87. The monoisotopic (exact) mass is 389 g/mol. The topological polar surface area (TPSA) is 73.6 Å². The number of nitriles is 1. The Morgan fingerprint density at radius 1 is 1.29 bits per heavy atom. The van der Waals surface area contributed by atoms with Crippen molar-refractivity contribution < 1.29 is 0 Å². The normalized spacial score (nSPS) is 18.5. The van der Waals surface area contributed by atoms with Crippen molar-refractivity contribution in [3.8, 4) is 17.5 Å². The van der Waals surface area contributed by atoms with E-state index >= 15 is 0 Å². The Bertz CT molecular complexity index is 942. The molecule has 0 aromatic carbocycles. The van der Waals surface area contributed by atoms with Gasteiger partial charge >= 0.3 is 0 Å². The summed E-state index contributed by atoms with van der Waals surface area (Å²) in [5.74, 6) is 3.81. The van der Waals surface area contributed by atoms with Gasteiger partial charge in [0.05, 0.1) is 17.1 Å². The van der Waals surface area contributed by atoms with Crippen molar-refractivity contribution in [3.05, 3.63) is 47.1 Å². The lowest BCUT2D eigenvalue weighted by molar-refractivity contribution is 0.743. The number of rotatable bonds is 3. The SMILES string of the molecule is Cc1cnc(NC2CCCC2)nc1/C(C#N)=C1\C=CC=C(C#C[Si](C)(C)C)N1. The molecule has 1 aliphatic heterocycles. The molecule has 1 saturated carbocycles. The van der Waals surface area contributed by atoms with Crippen LogP contribution in [0.3, 0.4) is 0 Å². The van der Waals surface area contributed by atoms with Crippen molar-refractivity contribution in [2.45, 2.75) is 58.3 Å². The van der Waals surface area contributed by atoms with Gasteiger partial charge in [0.2, 0.25) is 5.95 Å². The Morgan fingerprint density at radius 3 is 2.71 bits per heavy atom. The van der Waals surface area contributed by atoms with Crippen molar-refractivity contribution in [2.24, 2.45) is 0 Å². The minimum atomic E-state index is -1.47. The molecule has 0 saturated heterocycles. The Labute approximate surface area is 168 Å². The van der Waals surface area contributed by atoms with Crippen molar-refractivity contribution in [1.82, 2.24) is 15.3 Å². The van der Waals surface area contributed by atoms with E-state index in [9.17, 15) is 5.26 Å². The molecule has 2 heterocycles. The maximum Gasteiger partial charge on any atom is 0.223 e. The van der Waals surface area contributed by atoms with E-state index in [0.717, 1.165) is 29.8 Å². The number of nitrogens with one attached hydrogen (secondary N) is 2. The highest BCUT2D eigenvalue weighted by Crippen LogP contribution is 2.24. The predicted molar refractivity (Wildman–Crippen MR) is 117 cm³/mol. The number of aromatic nitrogens is 2. The van der Waals surface area contributed by atoms with Crippen LogP contribution in [0, 0.1) is 29.7 Å². The Balaban J connectivity index is 1.90. The van der Waals surface area contributed by atoms with Crippen molar-refractivity contribution in [2.75, 3.05) is 5.32 Å². The largest absolute Gasteiger partial charge is 0.351 e. The van der Waals surface area contributed by atoms with Gasteiger partial charge in [-0.3, -0.25) is 0 Å². The van der Waals surface area contributed by atoms with Crippen LogP contribution in [0.4, 0.5) is 5.95 Å². The summed E-state index contributed by atoms with van der Waals surface area (Å²) in [6.07, 6.45) is 12.3. The molecule has 3 rings (SSSR count). The number of dihydropyridines is 1. The summed E-state index contributed by atoms with van der Waals surface area (Å²) in [5, 5.41) is 16.6. The molecule has 0 radical (unpaired) electrons. The third kappa shape index (κ3) is 5.12. The van der Waals surface area contributed by atoms with Crippen LogP contribution < -0.4 is 10.6 Å². The molecule has 5 nitrogen and oxygen atoms in total. The first-order chi connectivity index (χ1) is 13.4. The van der Waals surface area contributed by atoms with Gasteiger partial charge in [0.15, 0.2) is 0 Å². The van der Waals surface area contributed by atoms with E-state index in [2.05, 4.69) is 57.8 Å². The van der Waals surface area contributed by atoms with Crippen LogP contribution in [0.2, 0.25) is 19.6 Å². The van der Waals surface area contributed by atoms with Crippen LogP contribution in [0.15, 0.2) is 35.8 Å². The molecule has 1 fully saturated rings. The van der Waals surface area contributed by atoms with Gasteiger partial charge in [-0.2, -0.15) is 5.26 Å². The molecular weight excluding hydrogens is 362 g/mol. The first kappa shape index (κ1) is 19.9. The van der Waals surface area contributed by atoms with E-state index in [1.807, 2.05) is 25.2 Å². The molecule has 0 amide bonds. The van der Waals surface area contributed by atoms with E-state index < -0.39 is 8.07 Å². The molecule has 28 heavy (non-hydrogen) atoms. The highest BCUT2D eigenvalue weighted by Gasteiger charge is 2.19. The van der Waals surface area contributed by atoms with E-state index in [-0.39, 0.29) is 0 Å². The quantitative estimate of drug-likeness (QED) is 0.458. The first-order valence-corrected chi connectivity index (χ1v) is 13.3. The summed E-state index contributed by atoms with van der Waals surface area (Å²) in [4.78, 5) is 9.08. The van der Waals surface area contributed by atoms with Crippen LogP contribution in [0.1, 0.15) is 36.9 Å². The lowest BCUT2D eigenvalue weighted by atomic mass is 10.1. The number of aryl methyl sites for hydroxylation is 1. The lowest BCUT2D eigenvalue weighted by Gasteiger charge is -2.16. The van der Waals surface area contributed by atoms with E-state index in [0.29, 0.717) is 23.3 Å². The van der Waals surface area contributed by atoms with Gasteiger partial charge in [0.1, 0.15) is 19.7 Å². The summed E-state index contributed by atoms with van der Waals surface area (Å²) < 4.78 is 0. The van der Waals surface area contributed by atoms with Crippen LogP contribution in [0.25, 0.3) is 5.57 Å². The van der Waals surface area contributed by atoms with Crippen LogP contribution in [-0.4, -0.2) is 24.1 Å². The minimum Gasteiger partial charge on any atom is -0.351 e. The fourth-order valence-electron chi connectivity index (χ4n) is 3.20. The van der Waals surface area contributed by atoms with Crippen LogP contribution in [0.5, 0.6) is 0 Å². The van der Waals surface area contributed by atoms with Gasteiger partial charge in [-0.25, -0.2) is 9.97 Å². The highest BCUT2D eigenvalue weighted by molar-refractivity contribution is 6.83. The third-order valence-corrected chi connectivity index (χ3v) is 5.52. The van der Waals surface area contributed by atoms with Crippen LogP contribution in [-0.2, 0) is 0 Å². The van der Waals surface area contributed by atoms with Crippen molar-refractivity contribution in [3.63, 3.8) is 0 Å². The van der Waals surface area contributed by atoms with Gasteiger partial charge in [0.25, 0.3) is 0 Å². The Hall–Kier alpha value is -2.83. The highest BCUT2D eigenvalue weighted by atomic mass is 28.3. The summed E-state index contributed by atoms with van der Waals surface area (Å²) in [7, 11) is -1.47. The van der Waals surface area contributed by atoms with Gasteiger partial charge in [-0.1, -0.05) is 44.5 Å². The number of nitrogens with zero attached hydrogens (tertiary/aromatic N) is 3. The number of anilines is 1. The molecule has 1 aromatic heterocycles. The zero-order chi connectivity index (χ0) is 20.1. The second-order valence-electron chi connectivity index (χ2n) is 8.32. The zero-order valence-corrected chi connectivity index (χ0v) is 18.1. The zero-order valence-electron chi connectivity index (χ0n) is 17.1. The Kier molecular flexibility index (Phi) is 6.01. The third-order valence-electron chi connectivity index (χ3n) is 4.65. The van der Waals surface area contributed by atoms with Gasteiger partial charge in [-0.05, 0) is 37.5 Å². The number of allylic oxidation sites excluding steroid dienone is 5. The molecule has 0 bridgehead atoms. The smallest absolute Gasteiger partial charge is 0.223 e. The van der Waals surface area contributed by atoms with Gasteiger partial charge in [-0.15, -0.1) is 5.54 Å². The molecule has 6 heteroatoms. The molecule has 144 valence electrons. The van der Waals surface area contributed by atoms with Gasteiger partial charge in [0, 0.05) is 12.2 Å². The average Bonchev–Trinajstić information content (AvgIpc) is 3.16. The second-order valence-corrected chi connectivity index (χ2v) is 13.1. The standard InChI is InChI=1S/C22H27N5Si/c1-16-15-24-22(26-17-8-5-6-9-17)27-21(16)19(14-23)20-11-7-10-18(25-20)12-13-28(2,3)4/h7,10-11,15,17,25H,5-6,8-9H2,1-4H3,(H,24,26,27)/b20-19+. The predicted octanol–water partition coefficient (Wildman–Crippen LogP) is 4.30. The second kappa shape index (κ2) is 8.46. The summed E-state index contributed by atoms with van der Waals surface area (Å²) in [6, 6.07) is 2.75. The van der Waals surface area contributed by atoms with Crippen LogP contribution >= 0.6 is 0 Å². The summed E-state index contributed by atoms with van der Waals surface area (Å²) >= 11 is 0. The van der Waals surface area contributed by atoms with Crippen molar-refractivity contribution >= 4 is 19.6 Å². The molecule has 0 atom stereocenters. The minimum absolute atomic E-state index is 0.424. The molecule has 2 N–H and O–H groups in total. The fraction of sp³-hybridized carbons (Fsp3) is 0.409. The van der Waals surface area contributed by atoms with E-state index in [1.165, 1.54) is 12.8 Å². The molecule has 0 spiro atoms. The van der Waals surface area contributed by atoms with Gasteiger partial charge < -0.3 is 10.6 Å². The summed E-state index contributed by atoms with van der Waals surface area (Å²) in [6.45, 7) is 8.56. The summed E-state index contributed by atoms with van der Waals surface area (Å²) in [5.41, 5.74) is 6.92. The Morgan fingerprint density at radius 2 is 2.04 bits per heavy atom.